The van der Waals surface area contributed by atoms with E-state index in [2.05, 4.69) is 9.72 Å². The summed E-state index contributed by atoms with van der Waals surface area (Å²) in [6, 6.07) is 4.57. The molecule has 1 amide bonds. The van der Waals surface area contributed by atoms with Crippen LogP contribution in [0.4, 0.5) is 8.78 Å². The van der Waals surface area contributed by atoms with E-state index in [-0.39, 0.29) is 29.7 Å². The molecule has 0 bridgehead atoms. The Balaban J connectivity index is 2.24. The number of alkyl halides is 2. The minimum atomic E-state index is -2.98. The van der Waals surface area contributed by atoms with Crippen LogP contribution in [-0.2, 0) is 6.54 Å². The van der Waals surface area contributed by atoms with Crippen LogP contribution in [0.15, 0.2) is 18.2 Å². The molecule has 0 atom stereocenters. The van der Waals surface area contributed by atoms with Crippen LogP contribution in [0.25, 0.3) is 0 Å². The van der Waals surface area contributed by atoms with Crippen LogP contribution in [0.5, 0.6) is 11.5 Å². The molecule has 1 N–H and O–H groups in total. The molecule has 0 radical (unpaired) electrons. The fourth-order valence-electron chi connectivity index (χ4n) is 3.04. The maximum absolute atomic E-state index is 12.8. The Morgan fingerprint density at radius 1 is 1.22 bits per heavy atom. The van der Waals surface area contributed by atoms with Crippen molar-refractivity contribution in [2.75, 3.05) is 14.2 Å². The lowest BCUT2D eigenvalue weighted by Crippen LogP contribution is -2.27. The van der Waals surface area contributed by atoms with Gasteiger partial charge in [-0.3, -0.25) is 9.59 Å². The predicted molar refractivity (Wildman–Crippen MR) is 95.7 cm³/mol. The van der Waals surface area contributed by atoms with Gasteiger partial charge in [0.1, 0.15) is 5.69 Å². The summed E-state index contributed by atoms with van der Waals surface area (Å²) in [7, 11) is 2.94. The molecule has 0 saturated heterocycles. The number of ketones is 1. The summed E-state index contributed by atoms with van der Waals surface area (Å²) in [4.78, 5) is 28.9. The zero-order chi connectivity index (χ0) is 20.3. The van der Waals surface area contributed by atoms with E-state index in [1.54, 1.807) is 27.0 Å². The van der Waals surface area contributed by atoms with Crippen LogP contribution < -0.4 is 9.47 Å². The highest BCUT2D eigenvalue weighted by molar-refractivity contribution is 6.02. The standard InChI is InChI=1S/C19H22F2N2O4/c1-10-16(12(3)24)11(2)22-17(10)18(25)23(4)9-13-6-7-14(26-5)15(8-13)27-19(20)21/h6-8,19,22H,9H2,1-5H3. The number of nitrogens with one attached hydrogen (secondary N) is 1. The second-order valence-corrected chi connectivity index (χ2v) is 6.21. The van der Waals surface area contributed by atoms with Gasteiger partial charge >= 0.3 is 6.61 Å². The molecule has 0 spiro atoms. The highest BCUT2D eigenvalue weighted by Crippen LogP contribution is 2.30. The number of amides is 1. The van der Waals surface area contributed by atoms with Gasteiger partial charge in [-0.05, 0) is 44.0 Å². The number of aromatic amines is 1. The molecule has 1 aromatic heterocycles. The third-order valence-electron chi connectivity index (χ3n) is 4.21. The van der Waals surface area contributed by atoms with Gasteiger partial charge in [-0.2, -0.15) is 8.78 Å². The van der Waals surface area contributed by atoms with Crippen molar-refractivity contribution >= 4 is 11.7 Å². The lowest BCUT2D eigenvalue weighted by Gasteiger charge is -2.18. The second kappa shape index (κ2) is 8.20. The Labute approximate surface area is 156 Å². The van der Waals surface area contributed by atoms with E-state index in [1.807, 2.05) is 0 Å². The van der Waals surface area contributed by atoms with Crippen molar-refractivity contribution in [3.63, 3.8) is 0 Å². The van der Waals surface area contributed by atoms with Gasteiger partial charge in [-0.25, -0.2) is 0 Å². The molecule has 27 heavy (non-hydrogen) atoms. The Hall–Kier alpha value is -2.90. The highest BCUT2D eigenvalue weighted by Gasteiger charge is 2.22. The Bertz CT molecular complexity index is 862. The number of aryl methyl sites for hydroxylation is 1. The van der Waals surface area contributed by atoms with E-state index in [0.717, 1.165) is 0 Å². The number of hydrogen-bond donors (Lipinski definition) is 1. The lowest BCUT2D eigenvalue weighted by atomic mass is 10.1. The number of halogens is 2. The van der Waals surface area contributed by atoms with Crippen LogP contribution in [-0.4, -0.2) is 42.3 Å². The van der Waals surface area contributed by atoms with Gasteiger partial charge in [0.15, 0.2) is 17.3 Å². The SMILES string of the molecule is COc1ccc(CN(C)C(=O)c2[nH]c(C)c(C(C)=O)c2C)cc1OC(F)F. The van der Waals surface area contributed by atoms with E-state index >= 15 is 0 Å². The van der Waals surface area contributed by atoms with E-state index in [0.29, 0.717) is 28.1 Å². The zero-order valence-electron chi connectivity index (χ0n) is 15.9. The van der Waals surface area contributed by atoms with E-state index in [1.165, 1.54) is 31.1 Å². The molecule has 1 aromatic carbocycles. The maximum atomic E-state index is 12.8. The quantitative estimate of drug-likeness (QED) is 0.743. The molecular formula is C19H22F2N2O4. The molecule has 0 fully saturated rings. The largest absolute Gasteiger partial charge is 0.493 e. The number of aromatic nitrogens is 1. The number of nitrogens with zero attached hydrogens (tertiary/aromatic N) is 1. The first-order valence-corrected chi connectivity index (χ1v) is 8.23. The lowest BCUT2D eigenvalue weighted by molar-refractivity contribution is -0.0512. The van der Waals surface area contributed by atoms with Gasteiger partial charge < -0.3 is 19.4 Å². The number of methoxy groups -OCH3 is 1. The van der Waals surface area contributed by atoms with Crippen LogP contribution in [0.2, 0.25) is 0 Å². The minimum absolute atomic E-state index is 0.100. The molecule has 0 aliphatic heterocycles. The Morgan fingerprint density at radius 3 is 2.41 bits per heavy atom. The van der Waals surface area contributed by atoms with Crippen molar-refractivity contribution in [1.29, 1.82) is 0 Å². The van der Waals surface area contributed by atoms with E-state index < -0.39 is 6.61 Å². The fraction of sp³-hybridized carbons (Fsp3) is 0.368. The monoisotopic (exact) mass is 380 g/mol. The smallest absolute Gasteiger partial charge is 0.387 e. The predicted octanol–water partition coefficient (Wildman–Crippen LogP) is 3.72. The van der Waals surface area contributed by atoms with Crippen LogP contribution in [0.3, 0.4) is 0 Å². The number of Topliss-reactive ketones (excluding diaryl/α,β-unsaturated/α-hetero) is 1. The minimum Gasteiger partial charge on any atom is -0.493 e. The topological polar surface area (TPSA) is 71.6 Å². The second-order valence-electron chi connectivity index (χ2n) is 6.21. The summed E-state index contributed by atoms with van der Waals surface area (Å²) in [5.74, 6) is -0.353. The van der Waals surface area contributed by atoms with Crippen LogP contribution in [0.1, 0.15) is 44.6 Å². The normalized spacial score (nSPS) is 10.8. The molecular weight excluding hydrogens is 358 g/mol. The number of H-pyrrole nitrogens is 1. The first-order valence-electron chi connectivity index (χ1n) is 8.23. The molecule has 8 heteroatoms. The third-order valence-corrected chi connectivity index (χ3v) is 4.21. The van der Waals surface area contributed by atoms with Gasteiger partial charge in [0.2, 0.25) is 0 Å². The van der Waals surface area contributed by atoms with Crippen molar-refractivity contribution in [3.05, 3.63) is 46.3 Å². The summed E-state index contributed by atoms with van der Waals surface area (Å²) in [5.41, 5.74) is 2.65. The van der Waals surface area contributed by atoms with Crippen molar-refractivity contribution in [3.8, 4) is 11.5 Å². The first-order chi connectivity index (χ1) is 12.6. The molecule has 2 rings (SSSR count). The van der Waals surface area contributed by atoms with Gasteiger partial charge in [0, 0.05) is 24.8 Å². The third kappa shape index (κ3) is 4.45. The van der Waals surface area contributed by atoms with Gasteiger partial charge in [0.25, 0.3) is 5.91 Å². The molecule has 146 valence electrons. The number of hydrogen-bond acceptors (Lipinski definition) is 4. The molecule has 0 unspecified atom stereocenters. The number of ether oxygens (including phenoxy) is 2. The summed E-state index contributed by atoms with van der Waals surface area (Å²) < 4.78 is 34.6. The summed E-state index contributed by atoms with van der Waals surface area (Å²) in [6.07, 6.45) is 0. The van der Waals surface area contributed by atoms with Crippen molar-refractivity contribution in [2.45, 2.75) is 33.9 Å². The average Bonchev–Trinajstić information content (AvgIpc) is 2.88. The molecule has 2 aromatic rings. The number of benzene rings is 1. The molecule has 0 aliphatic carbocycles. The average molecular weight is 380 g/mol. The Morgan fingerprint density at radius 2 is 1.89 bits per heavy atom. The zero-order valence-corrected chi connectivity index (χ0v) is 15.9. The van der Waals surface area contributed by atoms with Gasteiger partial charge in [-0.1, -0.05) is 6.07 Å². The number of carbonyl (C=O) groups excluding carboxylic acids is 2. The summed E-state index contributed by atoms with van der Waals surface area (Å²) in [6.45, 7) is 2.07. The van der Waals surface area contributed by atoms with Crippen LogP contribution in [0, 0.1) is 13.8 Å². The molecule has 0 saturated carbocycles. The van der Waals surface area contributed by atoms with Crippen LogP contribution >= 0.6 is 0 Å². The van der Waals surface area contributed by atoms with Crippen molar-refractivity contribution in [2.24, 2.45) is 0 Å². The van der Waals surface area contributed by atoms with E-state index in [4.69, 9.17) is 4.74 Å². The first kappa shape index (κ1) is 20.4. The van der Waals surface area contributed by atoms with Gasteiger partial charge in [0.05, 0.1) is 7.11 Å². The summed E-state index contributed by atoms with van der Waals surface area (Å²) >= 11 is 0. The van der Waals surface area contributed by atoms with Crippen molar-refractivity contribution < 1.29 is 27.8 Å². The van der Waals surface area contributed by atoms with Gasteiger partial charge in [-0.15, -0.1) is 0 Å². The number of rotatable bonds is 7. The fourth-order valence-corrected chi connectivity index (χ4v) is 3.04. The molecule has 6 nitrogen and oxygen atoms in total. The van der Waals surface area contributed by atoms with Crippen molar-refractivity contribution in [1.82, 2.24) is 9.88 Å². The van der Waals surface area contributed by atoms with E-state index in [9.17, 15) is 18.4 Å². The Kier molecular flexibility index (Phi) is 6.20. The molecule has 1 heterocycles. The molecule has 0 aliphatic rings. The number of carbonyl (C=O) groups is 2. The summed E-state index contributed by atoms with van der Waals surface area (Å²) in [5, 5.41) is 0. The maximum Gasteiger partial charge on any atom is 0.387 e. The highest BCUT2D eigenvalue weighted by atomic mass is 19.3.